The molecule has 2 atom stereocenters. The highest BCUT2D eigenvalue weighted by atomic mass is 16.5. The van der Waals surface area contributed by atoms with Crippen LogP contribution in [0.1, 0.15) is 38.4 Å². The normalized spacial score (nSPS) is 13.4. The number of aliphatic carboxylic acids is 1. The number of imidazole rings is 1. The van der Waals surface area contributed by atoms with E-state index in [4.69, 9.17) is 15.6 Å². The first kappa shape index (κ1) is 16.6. The summed E-state index contributed by atoms with van der Waals surface area (Å²) in [6.45, 7) is 8.52. The van der Waals surface area contributed by atoms with Crippen molar-refractivity contribution in [1.29, 1.82) is 0 Å². The van der Waals surface area contributed by atoms with Crippen molar-refractivity contribution in [3.8, 4) is 0 Å². The van der Waals surface area contributed by atoms with Gasteiger partial charge in [-0.15, -0.1) is 0 Å². The molecule has 3 N–H and O–H groups in total. The van der Waals surface area contributed by atoms with Gasteiger partial charge in [-0.3, -0.25) is 4.79 Å². The van der Waals surface area contributed by atoms with Crippen molar-refractivity contribution in [1.82, 2.24) is 9.55 Å². The molecule has 6 nitrogen and oxygen atoms in total. The van der Waals surface area contributed by atoms with Crippen molar-refractivity contribution in [2.75, 3.05) is 7.11 Å². The molecule has 0 saturated heterocycles. The number of carboxylic acids is 1. The number of carboxylic acid groups (broad SMARTS) is 1. The Balaban J connectivity index is 0.000000411. The van der Waals surface area contributed by atoms with Crippen LogP contribution in [0, 0.1) is 6.92 Å². The Labute approximate surface area is 108 Å². The average molecular weight is 257 g/mol. The van der Waals surface area contributed by atoms with Crippen LogP contribution >= 0.6 is 0 Å². The zero-order valence-electron chi connectivity index (χ0n) is 11.7. The van der Waals surface area contributed by atoms with Gasteiger partial charge in [-0.05, 0) is 27.7 Å². The average Bonchev–Trinajstić information content (AvgIpc) is 2.70. The molecule has 0 bridgehead atoms. The van der Waals surface area contributed by atoms with Crippen molar-refractivity contribution < 1.29 is 14.6 Å². The van der Waals surface area contributed by atoms with E-state index in [9.17, 15) is 4.79 Å². The molecule has 0 fully saturated rings. The summed E-state index contributed by atoms with van der Waals surface area (Å²) in [5.41, 5.74) is 5.99. The third-order valence-electron chi connectivity index (χ3n) is 2.56. The van der Waals surface area contributed by atoms with Crippen molar-refractivity contribution in [3.63, 3.8) is 0 Å². The minimum Gasteiger partial charge on any atom is -0.480 e. The van der Waals surface area contributed by atoms with E-state index in [1.807, 2.05) is 20.0 Å². The van der Waals surface area contributed by atoms with Crippen LogP contribution in [0.2, 0.25) is 0 Å². The quantitative estimate of drug-likeness (QED) is 0.849. The Morgan fingerprint density at radius 2 is 2.11 bits per heavy atom. The Bertz CT molecular complexity index is 375. The third-order valence-corrected chi connectivity index (χ3v) is 2.56. The second-order valence-corrected chi connectivity index (χ2v) is 3.98. The van der Waals surface area contributed by atoms with Crippen LogP contribution in [-0.4, -0.2) is 33.8 Å². The summed E-state index contributed by atoms with van der Waals surface area (Å²) in [6.07, 6.45) is 2.01. The summed E-state index contributed by atoms with van der Waals surface area (Å²) < 4.78 is 7.39. The topological polar surface area (TPSA) is 90.4 Å². The van der Waals surface area contributed by atoms with Gasteiger partial charge in [-0.1, -0.05) is 0 Å². The first-order valence-corrected chi connectivity index (χ1v) is 5.88. The Hall–Kier alpha value is -1.40. The summed E-state index contributed by atoms with van der Waals surface area (Å²) in [4.78, 5) is 13.8. The lowest BCUT2D eigenvalue weighted by Crippen LogP contribution is -2.25. The molecule has 0 saturated carbocycles. The number of carbonyl (C=O) groups is 1. The van der Waals surface area contributed by atoms with Crippen LogP contribution in [0.15, 0.2) is 6.20 Å². The monoisotopic (exact) mass is 257 g/mol. The molecule has 0 aliphatic carbocycles. The molecule has 0 aliphatic heterocycles. The van der Waals surface area contributed by atoms with Gasteiger partial charge in [0.25, 0.3) is 0 Å². The molecule has 1 aromatic rings. The van der Waals surface area contributed by atoms with Crippen LogP contribution < -0.4 is 5.73 Å². The fraction of sp³-hybridized carbons (Fsp3) is 0.667. The second-order valence-electron chi connectivity index (χ2n) is 3.98. The van der Waals surface area contributed by atoms with Crippen LogP contribution in [0.5, 0.6) is 0 Å². The van der Waals surface area contributed by atoms with Crippen LogP contribution in [0.4, 0.5) is 0 Å². The maximum Gasteiger partial charge on any atom is 0.320 e. The van der Waals surface area contributed by atoms with Gasteiger partial charge in [0.1, 0.15) is 11.9 Å². The number of aryl methyl sites for hydroxylation is 1. The predicted molar refractivity (Wildman–Crippen MR) is 69.3 cm³/mol. The second kappa shape index (κ2) is 7.84. The predicted octanol–water partition coefficient (Wildman–Crippen LogP) is 1.34. The van der Waals surface area contributed by atoms with E-state index in [1.54, 1.807) is 7.11 Å². The molecule has 1 rings (SSSR count). The van der Waals surface area contributed by atoms with Gasteiger partial charge in [-0.25, -0.2) is 4.98 Å². The number of hydrogen-bond donors (Lipinski definition) is 2. The molecule has 0 amide bonds. The van der Waals surface area contributed by atoms with E-state index in [0.717, 1.165) is 18.1 Å². The van der Waals surface area contributed by atoms with Crippen LogP contribution in [0.25, 0.3) is 0 Å². The molecule has 0 aromatic carbocycles. The number of nitrogens with zero attached hydrogens (tertiary/aromatic N) is 2. The maximum atomic E-state index is 9.57. The van der Waals surface area contributed by atoms with Gasteiger partial charge >= 0.3 is 5.97 Å². The van der Waals surface area contributed by atoms with E-state index in [-0.39, 0.29) is 6.10 Å². The van der Waals surface area contributed by atoms with Gasteiger partial charge in [0, 0.05) is 13.7 Å². The summed E-state index contributed by atoms with van der Waals surface area (Å²) in [5.74, 6) is 0.0893. The van der Waals surface area contributed by atoms with Crippen molar-refractivity contribution in [2.24, 2.45) is 5.73 Å². The molecule has 1 unspecified atom stereocenters. The molecule has 0 aliphatic rings. The zero-order valence-corrected chi connectivity index (χ0v) is 11.7. The highest BCUT2D eigenvalue weighted by Gasteiger charge is 2.10. The fourth-order valence-corrected chi connectivity index (χ4v) is 1.34. The highest BCUT2D eigenvalue weighted by Crippen LogP contribution is 2.16. The molecule has 1 aromatic heterocycles. The SMILES string of the molecule is CCn1c(C(C)OC)cnc1C.C[C@H](N)C(=O)O. The van der Waals surface area contributed by atoms with Gasteiger partial charge in [0.15, 0.2) is 0 Å². The summed E-state index contributed by atoms with van der Waals surface area (Å²) in [5, 5.41) is 7.87. The molecule has 6 heteroatoms. The van der Waals surface area contributed by atoms with Gasteiger partial charge in [-0.2, -0.15) is 0 Å². The van der Waals surface area contributed by atoms with E-state index in [0.29, 0.717) is 0 Å². The minimum absolute atomic E-state index is 0.131. The number of nitrogens with two attached hydrogens (primary N) is 1. The van der Waals surface area contributed by atoms with Crippen LogP contribution in [-0.2, 0) is 16.1 Å². The standard InChI is InChI=1S/C9H16N2O.C3H7NO2/c1-5-11-8(3)10-6-9(11)7(2)12-4;1-2(4)3(5)6/h6-7H,5H2,1-4H3;2H,4H2,1H3,(H,5,6)/t;2-/m.0/s1. The molecular weight excluding hydrogens is 234 g/mol. The summed E-state index contributed by atoms with van der Waals surface area (Å²) >= 11 is 0. The molecule has 1 heterocycles. The third kappa shape index (κ3) is 4.85. The van der Waals surface area contributed by atoms with E-state index < -0.39 is 12.0 Å². The number of rotatable bonds is 4. The van der Waals surface area contributed by atoms with Gasteiger partial charge < -0.3 is 20.1 Å². The van der Waals surface area contributed by atoms with E-state index in [2.05, 4.69) is 16.5 Å². The smallest absolute Gasteiger partial charge is 0.320 e. The molecule has 18 heavy (non-hydrogen) atoms. The Kier molecular flexibility index (Phi) is 7.23. The highest BCUT2D eigenvalue weighted by molar-refractivity contribution is 5.72. The summed E-state index contributed by atoms with van der Waals surface area (Å²) in [6, 6.07) is -0.731. The summed E-state index contributed by atoms with van der Waals surface area (Å²) in [7, 11) is 1.72. The lowest BCUT2D eigenvalue weighted by molar-refractivity contribution is -0.138. The van der Waals surface area contributed by atoms with E-state index in [1.165, 1.54) is 6.92 Å². The van der Waals surface area contributed by atoms with Gasteiger partial charge in [0.05, 0.1) is 18.0 Å². The molecule has 0 radical (unpaired) electrons. The zero-order chi connectivity index (χ0) is 14.3. The van der Waals surface area contributed by atoms with Crippen molar-refractivity contribution in [3.05, 3.63) is 17.7 Å². The number of methoxy groups -OCH3 is 1. The first-order valence-electron chi connectivity index (χ1n) is 5.88. The number of ether oxygens (including phenoxy) is 1. The van der Waals surface area contributed by atoms with Crippen LogP contribution in [0.3, 0.4) is 0 Å². The maximum absolute atomic E-state index is 9.57. The van der Waals surface area contributed by atoms with E-state index >= 15 is 0 Å². The molecule has 104 valence electrons. The van der Waals surface area contributed by atoms with Crippen molar-refractivity contribution in [2.45, 2.75) is 46.4 Å². The lowest BCUT2D eigenvalue weighted by atomic mass is 10.3. The molecular formula is C12H23N3O3. The first-order chi connectivity index (χ1) is 8.34. The Morgan fingerprint density at radius 3 is 2.44 bits per heavy atom. The van der Waals surface area contributed by atoms with Gasteiger partial charge in [0.2, 0.25) is 0 Å². The van der Waals surface area contributed by atoms with Crippen molar-refractivity contribution >= 4 is 5.97 Å². The molecule has 0 spiro atoms. The lowest BCUT2D eigenvalue weighted by Gasteiger charge is -2.12. The number of aromatic nitrogens is 2. The largest absolute Gasteiger partial charge is 0.480 e. The fourth-order valence-electron chi connectivity index (χ4n) is 1.34. The minimum atomic E-state index is -0.963. The number of hydrogen-bond acceptors (Lipinski definition) is 4. The Morgan fingerprint density at radius 1 is 1.61 bits per heavy atom.